The monoisotopic (exact) mass is 376 g/mol. The van der Waals surface area contributed by atoms with Crippen LogP contribution in [0.5, 0.6) is 5.75 Å². The second-order valence-corrected chi connectivity index (χ2v) is 6.51. The molecule has 0 saturated heterocycles. The SMILES string of the molecule is C[C@@H]1C[C@H]1c1ccc(/C=N\NC(=O)COc2cccc(Br)c2)o1. The average Bonchev–Trinajstić information content (AvgIpc) is 3.07. The molecule has 1 aromatic carbocycles. The first-order chi connectivity index (χ1) is 11.1. The van der Waals surface area contributed by atoms with Gasteiger partial charge in [-0.25, -0.2) is 5.43 Å². The predicted molar refractivity (Wildman–Crippen MR) is 90.6 cm³/mol. The Kier molecular flexibility index (Phi) is 4.81. The van der Waals surface area contributed by atoms with Crippen LogP contribution >= 0.6 is 15.9 Å². The lowest BCUT2D eigenvalue weighted by atomic mass is 10.3. The molecule has 0 radical (unpaired) electrons. The molecule has 0 spiro atoms. The van der Waals surface area contributed by atoms with Crippen LogP contribution in [-0.4, -0.2) is 18.7 Å². The standard InChI is InChI=1S/C17H17BrN2O3/c1-11-7-15(11)16-6-5-14(23-16)9-19-20-17(21)10-22-13-4-2-3-12(18)8-13/h2-6,8-9,11,15H,7,10H2,1H3,(H,20,21)/b19-9-/t11-,15-/m1/s1. The fourth-order valence-corrected chi connectivity index (χ4v) is 2.64. The van der Waals surface area contributed by atoms with Crippen LogP contribution in [0.25, 0.3) is 0 Å². The lowest BCUT2D eigenvalue weighted by Crippen LogP contribution is -2.24. The minimum atomic E-state index is -0.330. The number of rotatable bonds is 6. The highest BCUT2D eigenvalue weighted by atomic mass is 79.9. The topological polar surface area (TPSA) is 63.8 Å². The summed E-state index contributed by atoms with van der Waals surface area (Å²) < 4.78 is 11.9. The summed E-state index contributed by atoms with van der Waals surface area (Å²) in [6.45, 7) is 2.10. The number of nitrogens with zero attached hydrogens (tertiary/aromatic N) is 1. The van der Waals surface area contributed by atoms with Gasteiger partial charge < -0.3 is 9.15 Å². The second-order valence-electron chi connectivity index (χ2n) is 5.60. The van der Waals surface area contributed by atoms with Crippen LogP contribution in [-0.2, 0) is 4.79 Å². The van der Waals surface area contributed by atoms with Gasteiger partial charge in [0.2, 0.25) is 0 Å². The lowest BCUT2D eigenvalue weighted by molar-refractivity contribution is -0.123. The van der Waals surface area contributed by atoms with Crippen molar-refractivity contribution in [2.45, 2.75) is 19.3 Å². The van der Waals surface area contributed by atoms with Crippen molar-refractivity contribution in [2.75, 3.05) is 6.61 Å². The molecule has 2 aromatic rings. The van der Waals surface area contributed by atoms with Crippen LogP contribution < -0.4 is 10.2 Å². The van der Waals surface area contributed by atoms with E-state index in [0.717, 1.165) is 10.2 Å². The molecule has 1 heterocycles. The summed E-state index contributed by atoms with van der Waals surface area (Å²) in [7, 11) is 0. The largest absolute Gasteiger partial charge is 0.484 e. The van der Waals surface area contributed by atoms with Crippen molar-refractivity contribution in [1.29, 1.82) is 0 Å². The molecule has 0 unspecified atom stereocenters. The van der Waals surface area contributed by atoms with E-state index in [0.29, 0.717) is 23.3 Å². The summed E-state index contributed by atoms with van der Waals surface area (Å²) in [5.74, 6) is 3.14. The molecule has 120 valence electrons. The summed E-state index contributed by atoms with van der Waals surface area (Å²) in [6, 6.07) is 11.1. The van der Waals surface area contributed by atoms with Crippen molar-refractivity contribution in [3.05, 3.63) is 52.4 Å². The van der Waals surface area contributed by atoms with Gasteiger partial charge in [0.25, 0.3) is 5.91 Å². The number of halogens is 1. The molecule has 1 aromatic heterocycles. The van der Waals surface area contributed by atoms with Crippen molar-refractivity contribution >= 4 is 28.1 Å². The third kappa shape index (κ3) is 4.45. The smallest absolute Gasteiger partial charge is 0.277 e. The maximum Gasteiger partial charge on any atom is 0.277 e. The summed E-state index contributed by atoms with van der Waals surface area (Å²) in [6.07, 6.45) is 2.67. The van der Waals surface area contributed by atoms with Crippen LogP contribution in [0.4, 0.5) is 0 Å². The third-order valence-corrected chi connectivity index (χ3v) is 4.16. The van der Waals surface area contributed by atoms with Gasteiger partial charge in [-0.05, 0) is 42.7 Å². The van der Waals surface area contributed by atoms with E-state index in [2.05, 4.69) is 33.4 Å². The number of benzene rings is 1. The third-order valence-electron chi connectivity index (χ3n) is 3.67. The van der Waals surface area contributed by atoms with E-state index in [-0.39, 0.29) is 12.5 Å². The van der Waals surface area contributed by atoms with Crippen molar-refractivity contribution in [1.82, 2.24) is 5.43 Å². The molecule has 1 amide bonds. The first-order valence-corrected chi connectivity index (χ1v) is 8.21. The van der Waals surface area contributed by atoms with Crippen LogP contribution in [0.15, 0.2) is 50.4 Å². The Hall–Kier alpha value is -2.08. The number of hydrogen-bond donors (Lipinski definition) is 1. The maximum absolute atomic E-state index is 11.7. The minimum Gasteiger partial charge on any atom is -0.484 e. The zero-order chi connectivity index (χ0) is 16.2. The van der Waals surface area contributed by atoms with E-state index >= 15 is 0 Å². The van der Waals surface area contributed by atoms with E-state index in [1.807, 2.05) is 24.3 Å². The Morgan fingerprint density at radius 1 is 1.48 bits per heavy atom. The normalized spacial score (nSPS) is 19.7. The number of amides is 1. The quantitative estimate of drug-likeness (QED) is 0.617. The van der Waals surface area contributed by atoms with Gasteiger partial charge in [0.15, 0.2) is 6.61 Å². The summed E-state index contributed by atoms with van der Waals surface area (Å²) >= 11 is 3.34. The summed E-state index contributed by atoms with van der Waals surface area (Å²) in [5.41, 5.74) is 2.41. The van der Waals surface area contributed by atoms with E-state index in [1.54, 1.807) is 12.1 Å². The zero-order valence-corrected chi connectivity index (χ0v) is 14.2. The Balaban J connectivity index is 1.44. The molecular weight excluding hydrogens is 360 g/mol. The van der Waals surface area contributed by atoms with Gasteiger partial charge in [0.05, 0.1) is 6.21 Å². The Morgan fingerprint density at radius 3 is 3.04 bits per heavy atom. The molecule has 1 fully saturated rings. The molecular formula is C17H17BrN2O3. The molecule has 2 atom stereocenters. The first kappa shape index (κ1) is 15.8. The number of hydrazone groups is 1. The van der Waals surface area contributed by atoms with Gasteiger partial charge >= 0.3 is 0 Å². The number of hydrogen-bond acceptors (Lipinski definition) is 4. The summed E-state index contributed by atoms with van der Waals surface area (Å²) in [5, 5.41) is 3.88. The summed E-state index contributed by atoms with van der Waals surface area (Å²) in [4.78, 5) is 11.7. The van der Waals surface area contributed by atoms with E-state index < -0.39 is 0 Å². The highest BCUT2D eigenvalue weighted by Gasteiger charge is 2.36. The number of carbonyl (C=O) groups is 1. The van der Waals surface area contributed by atoms with E-state index in [9.17, 15) is 4.79 Å². The van der Waals surface area contributed by atoms with Gasteiger partial charge in [-0.1, -0.05) is 28.9 Å². The van der Waals surface area contributed by atoms with Gasteiger partial charge in [0, 0.05) is 10.4 Å². The Labute approximate surface area is 142 Å². The average molecular weight is 377 g/mol. The maximum atomic E-state index is 11.7. The van der Waals surface area contributed by atoms with Crippen molar-refractivity contribution in [2.24, 2.45) is 11.0 Å². The molecule has 6 heteroatoms. The highest BCUT2D eigenvalue weighted by Crippen LogP contribution is 2.47. The molecule has 1 aliphatic carbocycles. The van der Waals surface area contributed by atoms with Gasteiger partial charge in [-0.3, -0.25) is 4.79 Å². The van der Waals surface area contributed by atoms with Crippen molar-refractivity contribution in [3.63, 3.8) is 0 Å². The molecule has 3 rings (SSSR count). The van der Waals surface area contributed by atoms with Crippen LogP contribution in [0, 0.1) is 5.92 Å². The first-order valence-electron chi connectivity index (χ1n) is 7.42. The lowest BCUT2D eigenvalue weighted by Gasteiger charge is -2.04. The minimum absolute atomic E-state index is 0.100. The van der Waals surface area contributed by atoms with Crippen LogP contribution in [0.1, 0.15) is 30.8 Å². The Morgan fingerprint density at radius 2 is 2.30 bits per heavy atom. The number of carbonyl (C=O) groups excluding carboxylic acids is 1. The number of furan rings is 1. The van der Waals surface area contributed by atoms with E-state index in [1.165, 1.54) is 12.6 Å². The van der Waals surface area contributed by atoms with Gasteiger partial charge in [-0.15, -0.1) is 0 Å². The van der Waals surface area contributed by atoms with Crippen LogP contribution in [0.3, 0.4) is 0 Å². The highest BCUT2D eigenvalue weighted by molar-refractivity contribution is 9.10. The zero-order valence-electron chi connectivity index (χ0n) is 12.7. The molecule has 1 N–H and O–H groups in total. The second kappa shape index (κ2) is 7.00. The number of ether oxygens (including phenoxy) is 1. The molecule has 5 nitrogen and oxygen atoms in total. The molecule has 1 saturated carbocycles. The van der Waals surface area contributed by atoms with Gasteiger partial charge in [0.1, 0.15) is 17.3 Å². The predicted octanol–water partition coefficient (Wildman–Crippen LogP) is 3.69. The van der Waals surface area contributed by atoms with Crippen molar-refractivity contribution in [3.8, 4) is 5.75 Å². The number of nitrogens with one attached hydrogen (secondary N) is 1. The van der Waals surface area contributed by atoms with Crippen LogP contribution in [0.2, 0.25) is 0 Å². The van der Waals surface area contributed by atoms with E-state index in [4.69, 9.17) is 9.15 Å². The fourth-order valence-electron chi connectivity index (χ4n) is 2.26. The molecule has 1 aliphatic rings. The van der Waals surface area contributed by atoms with Crippen molar-refractivity contribution < 1.29 is 13.9 Å². The molecule has 23 heavy (non-hydrogen) atoms. The van der Waals surface area contributed by atoms with Gasteiger partial charge in [-0.2, -0.15) is 5.10 Å². The molecule has 0 aliphatic heterocycles. The fraction of sp³-hybridized carbons (Fsp3) is 0.294. The Bertz CT molecular complexity index is 726. The molecule has 0 bridgehead atoms.